The SMILES string of the molecule is Cc1nc(CNS(=O)(=O)c2ccc(CN)cc2)no1. The number of aromatic nitrogens is 2. The van der Waals surface area contributed by atoms with Crippen LogP contribution in [-0.2, 0) is 23.1 Å². The molecular formula is C11H14N4O3S. The number of sulfonamides is 1. The molecule has 0 bridgehead atoms. The molecule has 1 aromatic carbocycles. The maximum absolute atomic E-state index is 12.0. The van der Waals surface area contributed by atoms with Crippen molar-refractivity contribution < 1.29 is 12.9 Å². The lowest BCUT2D eigenvalue weighted by atomic mass is 10.2. The van der Waals surface area contributed by atoms with Gasteiger partial charge < -0.3 is 10.3 Å². The standard InChI is InChI=1S/C11H14N4O3S/c1-8-14-11(15-18-8)7-13-19(16,17)10-4-2-9(6-12)3-5-10/h2-5,13H,6-7,12H2,1H3. The fraction of sp³-hybridized carbons (Fsp3) is 0.273. The van der Waals surface area contributed by atoms with Crippen LogP contribution in [-0.4, -0.2) is 18.6 Å². The fourth-order valence-corrected chi connectivity index (χ4v) is 2.44. The summed E-state index contributed by atoms with van der Waals surface area (Å²) in [6, 6.07) is 6.36. The summed E-state index contributed by atoms with van der Waals surface area (Å²) in [6.45, 7) is 1.99. The van der Waals surface area contributed by atoms with Crippen molar-refractivity contribution in [3.63, 3.8) is 0 Å². The van der Waals surface area contributed by atoms with Crippen LogP contribution in [0.4, 0.5) is 0 Å². The number of hydrogen-bond donors (Lipinski definition) is 2. The fourth-order valence-electron chi connectivity index (χ4n) is 1.46. The Bertz CT molecular complexity index is 649. The van der Waals surface area contributed by atoms with Crippen molar-refractivity contribution in [1.29, 1.82) is 0 Å². The van der Waals surface area contributed by atoms with Gasteiger partial charge in [-0.05, 0) is 17.7 Å². The normalized spacial score (nSPS) is 11.7. The molecule has 0 saturated carbocycles. The molecule has 0 aliphatic rings. The molecule has 19 heavy (non-hydrogen) atoms. The van der Waals surface area contributed by atoms with Gasteiger partial charge in [0.05, 0.1) is 11.4 Å². The van der Waals surface area contributed by atoms with E-state index in [-0.39, 0.29) is 11.4 Å². The third-order valence-electron chi connectivity index (χ3n) is 2.46. The molecule has 0 atom stereocenters. The summed E-state index contributed by atoms with van der Waals surface area (Å²) in [6.07, 6.45) is 0. The van der Waals surface area contributed by atoms with E-state index in [1.165, 1.54) is 12.1 Å². The Balaban J connectivity index is 2.09. The van der Waals surface area contributed by atoms with Gasteiger partial charge in [-0.25, -0.2) is 13.1 Å². The van der Waals surface area contributed by atoms with E-state index in [0.29, 0.717) is 18.3 Å². The van der Waals surface area contributed by atoms with Crippen molar-refractivity contribution >= 4 is 10.0 Å². The average molecular weight is 282 g/mol. The van der Waals surface area contributed by atoms with Gasteiger partial charge in [0.15, 0.2) is 5.82 Å². The van der Waals surface area contributed by atoms with Crippen molar-refractivity contribution in [2.24, 2.45) is 5.73 Å². The Hall–Kier alpha value is -1.77. The van der Waals surface area contributed by atoms with Gasteiger partial charge in [0.2, 0.25) is 15.9 Å². The van der Waals surface area contributed by atoms with Gasteiger partial charge in [0, 0.05) is 13.5 Å². The molecule has 0 fully saturated rings. The highest BCUT2D eigenvalue weighted by Gasteiger charge is 2.14. The van der Waals surface area contributed by atoms with Gasteiger partial charge >= 0.3 is 0 Å². The van der Waals surface area contributed by atoms with Gasteiger partial charge in [0.1, 0.15) is 0 Å². The molecule has 0 spiro atoms. The molecular weight excluding hydrogens is 268 g/mol. The Morgan fingerprint density at radius 1 is 1.32 bits per heavy atom. The smallest absolute Gasteiger partial charge is 0.240 e. The third kappa shape index (κ3) is 3.37. The zero-order valence-electron chi connectivity index (χ0n) is 10.3. The van der Waals surface area contributed by atoms with E-state index in [1.54, 1.807) is 19.1 Å². The molecule has 0 saturated heterocycles. The van der Waals surface area contributed by atoms with Crippen LogP contribution in [0.3, 0.4) is 0 Å². The van der Waals surface area contributed by atoms with Crippen LogP contribution >= 0.6 is 0 Å². The topological polar surface area (TPSA) is 111 Å². The number of nitrogens with two attached hydrogens (primary N) is 1. The maximum Gasteiger partial charge on any atom is 0.240 e. The van der Waals surface area contributed by atoms with Crippen LogP contribution in [0, 0.1) is 6.92 Å². The Morgan fingerprint density at radius 2 is 2.00 bits per heavy atom. The molecule has 102 valence electrons. The second-order valence-corrected chi connectivity index (χ2v) is 5.67. The minimum atomic E-state index is -3.59. The number of nitrogens with zero attached hydrogens (tertiary/aromatic N) is 2. The van der Waals surface area contributed by atoms with Gasteiger partial charge in [-0.1, -0.05) is 17.3 Å². The van der Waals surface area contributed by atoms with Gasteiger partial charge in [-0.15, -0.1) is 0 Å². The van der Waals surface area contributed by atoms with Crippen LogP contribution in [0.5, 0.6) is 0 Å². The first-order valence-corrected chi connectivity index (χ1v) is 7.07. The van der Waals surface area contributed by atoms with E-state index in [2.05, 4.69) is 14.9 Å². The summed E-state index contributed by atoms with van der Waals surface area (Å²) in [5.41, 5.74) is 6.32. The van der Waals surface area contributed by atoms with E-state index < -0.39 is 10.0 Å². The zero-order valence-corrected chi connectivity index (χ0v) is 11.1. The molecule has 0 unspecified atom stereocenters. The van der Waals surface area contributed by atoms with Gasteiger partial charge in [0.25, 0.3) is 0 Å². The summed E-state index contributed by atoms with van der Waals surface area (Å²) in [4.78, 5) is 4.08. The largest absolute Gasteiger partial charge is 0.340 e. The zero-order chi connectivity index (χ0) is 13.9. The lowest BCUT2D eigenvalue weighted by Gasteiger charge is -2.05. The predicted molar refractivity (Wildman–Crippen MR) is 67.4 cm³/mol. The molecule has 0 radical (unpaired) electrons. The first kappa shape index (κ1) is 13.7. The molecule has 0 aliphatic heterocycles. The molecule has 1 heterocycles. The van der Waals surface area contributed by atoms with Crippen molar-refractivity contribution in [3.05, 3.63) is 41.5 Å². The molecule has 7 nitrogen and oxygen atoms in total. The Morgan fingerprint density at radius 3 is 2.53 bits per heavy atom. The number of aryl methyl sites for hydroxylation is 1. The molecule has 1 aromatic heterocycles. The summed E-state index contributed by atoms with van der Waals surface area (Å²) >= 11 is 0. The highest BCUT2D eigenvalue weighted by atomic mass is 32.2. The first-order valence-electron chi connectivity index (χ1n) is 5.59. The molecule has 0 aliphatic carbocycles. The van der Waals surface area contributed by atoms with Crippen LogP contribution in [0.2, 0.25) is 0 Å². The Kier molecular flexibility index (Phi) is 3.93. The van der Waals surface area contributed by atoms with E-state index >= 15 is 0 Å². The summed E-state index contributed by atoms with van der Waals surface area (Å²) < 4.78 is 31.1. The second-order valence-electron chi connectivity index (χ2n) is 3.90. The monoisotopic (exact) mass is 282 g/mol. The van der Waals surface area contributed by atoms with Crippen molar-refractivity contribution in [2.45, 2.75) is 24.9 Å². The van der Waals surface area contributed by atoms with Crippen LogP contribution in [0.25, 0.3) is 0 Å². The van der Waals surface area contributed by atoms with Crippen molar-refractivity contribution in [1.82, 2.24) is 14.9 Å². The van der Waals surface area contributed by atoms with E-state index in [1.807, 2.05) is 0 Å². The van der Waals surface area contributed by atoms with Crippen molar-refractivity contribution in [2.75, 3.05) is 0 Å². The van der Waals surface area contributed by atoms with Gasteiger partial charge in [-0.3, -0.25) is 0 Å². The number of rotatable bonds is 5. The van der Waals surface area contributed by atoms with E-state index in [0.717, 1.165) is 5.56 Å². The number of benzene rings is 1. The minimum Gasteiger partial charge on any atom is -0.340 e. The first-order chi connectivity index (χ1) is 9.01. The second kappa shape index (κ2) is 5.47. The van der Waals surface area contributed by atoms with Crippen LogP contribution < -0.4 is 10.5 Å². The third-order valence-corrected chi connectivity index (χ3v) is 3.88. The van der Waals surface area contributed by atoms with Crippen LogP contribution in [0.1, 0.15) is 17.3 Å². The highest BCUT2D eigenvalue weighted by molar-refractivity contribution is 7.89. The molecule has 3 N–H and O–H groups in total. The molecule has 2 aromatic rings. The Labute approximate surface area is 110 Å². The quantitative estimate of drug-likeness (QED) is 0.816. The number of nitrogens with one attached hydrogen (secondary N) is 1. The summed E-state index contributed by atoms with van der Waals surface area (Å²) in [7, 11) is -3.59. The number of hydrogen-bond acceptors (Lipinski definition) is 6. The van der Waals surface area contributed by atoms with Gasteiger partial charge in [-0.2, -0.15) is 4.98 Å². The lowest BCUT2D eigenvalue weighted by Crippen LogP contribution is -2.23. The molecule has 2 rings (SSSR count). The maximum atomic E-state index is 12.0. The molecule has 0 amide bonds. The summed E-state index contributed by atoms with van der Waals surface area (Å²) in [5, 5.41) is 3.61. The highest BCUT2D eigenvalue weighted by Crippen LogP contribution is 2.10. The predicted octanol–water partition coefficient (Wildman–Crippen LogP) is 0.315. The lowest BCUT2D eigenvalue weighted by molar-refractivity contribution is 0.387. The summed E-state index contributed by atoms with van der Waals surface area (Å²) in [5.74, 6) is 0.682. The average Bonchev–Trinajstić information content (AvgIpc) is 2.82. The van der Waals surface area contributed by atoms with Crippen LogP contribution in [0.15, 0.2) is 33.7 Å². The van der Waals surface area contributed by atoms with E-state index in [4.69, 9.17) is 10.3 Å². The minimum absolute atomic E-state index is 0.0156. The van der Waals surface area contributed by atoms with E-state index in [9.17, 15) is 8.42 Å². The molecule has 8 heteroatoms. The van der Waals surface area contributed by atoms with Crippen molar-refractivity contribution in [3.8, 4) is 0 Å².